The van der Waals surface area contributed by atoms with Gasteiger partial charge in [0.1, 0.15) is 0 Å². The van der Waals surface area contributed by atoms with Gasteiger partial charge >= 0.3 is 5.97 Å². The maximum Gasteiger partial charge on any atom is 0.354 e. The summed E-state index contributed by atoms with van der Waals surface area (Å²) in [5.74, 6) is -1.03. The minimum atomic E-state index is -1.03. The number of aromatic nitrogens is 4. The van der Waals surface area contributed by atoms with E-state index < -0.39 is 5.97 Å². The van der Waals surface area contributed by atoms with E-state index in [0.717, 1.165) is 5.56 Å². The van der Waals surface area contributed by atoms with E-state index in [0.29, 0.717) is 11.3 Å². The summed E-state index contributed by atoms with van der Waals surface area (Å²) >= 11 is 0. The largest absolute Gasteiger partial charge is 0.477 e. The zero-order valence-electron chi connectivity index (χ0n) is 8.88. The zero-order chi connectivity index (χ0) is 11.7. The molecule has 0 unspecified atom stereocenters. The fourth-order valence-corrected chi connectivity index (χ4v) is 1.52. The molecule has 0 aromatic carbocycles. The number of carboxylic acids is 1. The first-order valence-electron chi connectivity index (χ1n) is 4.65. The molecule has 2 aromatic heterocycles. The van der Waals surface area contributed by atoms with Crippen LogP contribution in [0.25, 0.3) is 11.3 Å². The summed E-state index contributed by atoms with van der Waals surface area (Å²) in [4.78, 5) is 11.1. The highest BCUT2D eigenvalue weighted by molar-refractivity contribution is 5.93. The van der Waals surface area contributed by atoms with Crippen LogP contribution < -0.4 is 0 Å². The Morgan fingerprint density at radius 2 is 2.25 bits per heavy atom. The molecule has 1 N–H and O–H groups in total. The summed E-state index contributed by atoms with van der Waals surface area (Å²) in [6.07, 6.45) is 3.05. The Bertz CT molecular complexity index is 548. The summed E-state index contributed by atoms with van der Waals surface area (Å²) in [7, 11) is 1.58. The second-order valence-corrected chi connectivity index (χ2v) is 3.40. The fourth-order valence-electron chi connectivity index (χ4n) is 1.52. The third-order valence-electron chi connectivity index (χ3n) is 2.32. The van der Waals surface area contributed by atoms with Crippen molar-refractivity contribution in [3.05, 3.63) is 29.7 Å². The first-order chi connectivity index (χ1) is 7.61. The molecular weight excluding hydrogens is 208 g/mol. The smallest absolute Gasteiger partial charge is 0.354 e. The summed E-state index contributed by atoms with van der Waals surface area (Å²) in [6.45, 7) is 1.85. The zero-order valence-corrected chi connectivity index (χ0v) is 8.88. The Labute approximate surface area is 91.6 Å². The van der Waals surface area contributed by atoms with Crippen molar-refractivity contribution < 1.29 is 9.90 Å². The van der Waals surface area contributed by atoms with E-state index >= 15 is 0 Å². The van der Waals surface area contributed by atoms with Crippen molar-refractivity contribution in [1.82, 2.24) is 20.0 Å². The van der Waals surface area contributed by atoms with Gasteiger partial charge in [-0.2, -0.15) is 15.3 Å². The molecule has 6 nitrogen and oxygen atoms in total. The van der Waals surface area contributed by atoms with Gasteiger partial charge in [-0.15, -0.1) is 0 Å². The lowest BCUT2D eigenvalue weighted by atomic mass is 10.1. The van der Waals surface area contributed by atoms with Crippen molar-refractivity contribution in [3.8, 4) is 11.3 Å². The van der Waals surface area contributed by atoms with E-state index in [1.54, 1.807) is 19.3 Å². The Morgan fingerprint density at radius 3 is 2.88 bits per heavy atom. The molecule has 2 aromatic rings. The van der Waals surface area contributed by atoms with Gasteiger partial charge in [-0.1, -0.05) is 0 Å². The van der Waals surface area contributed by atoms with Gasteiger partial charge in [-0.25, -0.2) is 4.79 Å². The van der Waals surface area contributed by atoms with Crippen LogP contribution in [0.2, 0.25) is 0 Å². The Balaban J connectivity index is 2.66. The summed E-state index contributed by atoms with van der Waals surface area (Å²) < 4.78 is 1.31. The number of nitrogens with zero attached hydrogens (tertiary/aromatic N) is 4. The molecule has 0 amide bonds. The van der Waals surface area contributed by atoms with Crippen LogP contribution in [0.5, 0.6) is 0 Å². The van der Waals surface area contributed by atoms with Crippen LogP contribution >= 0.6 is 0 Å². The molecule has 0 atom stereocenters. The van der Waals surface area contributed by atoms with Crippen LogP contribution in [0.4, 0.5) is 0 Å². The van der Waals surface area contributed by atoms with Gasteiger partial charge < -0.3 is 5.11 Å². The molecule has 0 bridgehead atoms. The van der Waals surface area contributed by atoms with E-state index in [2.05, 4.69) is 15.3 Å². The lowest BCUT2D eigenvalue weighted by molar-refractivity contribution is 0.0686. The fraction of sp³-hybridized carbons (Fsp3) is 0.200. The summed E-state index contributed by atoms with van der Waals surface area (Å²) in [6, 6.07) is 1.78. The van der Waals surface area contributed by atoms with Crippen molar-refractivity contribution in [3.63, 3.8) is 0 Å². The van der Waals surface area contributed by atoms with Crippen LogP contribution in [0.1, 0.15) is 16.1 Å². The van der Waals surface area contributed by atoms with Gasteiger partial charge in [0.2, 0.25) is 0 Å². The number of carbonyl (C=O) groups is 1. The van der Waals surface area contributed by atoms with Crippen LogP contribution in [0.15, 0.2) is 18.5 Å². The summed E-state index contributed by atoms with van der Waals surface area (Å²) in [5, 5.41) is 20.7. The highest BCUT2D eigenvalue weighted by atomic mass is 16.4. The molecule has 2 rings (SSSR count). The molecule has 0 spiro atoms. The van der Waals surface area contributed by atoms with Crippen LogP contribution in [0, 0.1) is 6.92 Å². The third kappa shape index (κ3) is 1.54. The van der Waals surface area contributed by atoms with Crippen molar-refractivity contribution in [1.29, 1.82) is 0 Å². The van der Waals surface area contributed by atoms with Crippen molar-refractivity contribution in [2.24, 2.45) is 7.05 Å². The molecule has 0 aliphatic carbocycles. The molecule has 0 saturated carbocycles. The van der Waals surface area contributed by atoms with Gasteiger partial charge in [0.05, 0.1) is 17.5 Å². The van der Waals surface area contributed by atoms with Crippen molar-refractivity contribution >= 4 is 5.97 Å². The second-order valence-electron chi connectivity index (χ2n) is 3.40. The molecular formula is C10H10N4O2. The maximum absolute atomic E-state index is 11.1. The molecule has 0 radical (unpaired) electrons. The number of aromatic carboxylic acids is 1. The van der Waals surface area contributed by atoms with E-state index in [-0.39, 0.29) is 5.69 Å². The minimum absolute atomic E-state index is 0.114. The van der Waals surface area contributed by atoms with Crippen LogP contribution in [-0.2, 0) is 7.05 Å². The lowest BCUT2D eigenvalue weighted by Crippen LogP contribution is -2.07. The normalized spacial score (nSPS) is 10.4. The first-order valence-corrected chi connectivity index (χ1v) is 4.65. The number of rotatable bonds is 2. The number of aryl methyl sites for hydroxylation is 2. The maximum atomic E-state index is 11.1. The summed E-state index contributed by atoms with van der Waals surface area (Å²) in [5.41, 5.74) is 2.02. The monoisotopic (exact) mass is 218 g/mol. The highest BCUT2D eigenvalue weighted by Crippen LogP contribution is 2.23. The van der Waals surface area contributed by atoms with Crippen LogP contribution in [0.3, 0.4) is 0 Å². The van der Waals surface area contributed by atoms with Gasteiger partial charge in [0, 0.05) is 13.2 Å². The Morgan fingerprint density at radius 1 is 1.50 bits per heavy atom. The average Bonchev–Trinajstić information content (AvgIpc) is 2.61. The molecule has 0 saturated heterocycles. The molecule has 0 aliphatic rings. The predicted octanol–water partition coefficient (Wildman–Crippen LogP) is 0.884. The molecule has 6 heteroatoms. The highest BCUT2D eigenvalue weighted by Gasteiger charge is 2.19. The number of hydrogen-bond donors (Lipinski definition) is 1. The standard InChI is InChI=1S/C10H10N4O2/c1-6-3-4-11-13-8(6)7-5-12-14(2)9(7)10(15)16/h3-5H,1-2H3,(H,15,16). The van der Waals surface area contributed by atoms with E-state index in [9.17, 15) is 4.79 Å². The third-order valence-corrected chi connectivity index (χ3v) is 2.32. The van der Waals surface area contributed by atoms with Crippen molar-refractivity contribution in [2.75, 3.05) is 0 Å². The van der Waals surface area contributed by atoms with Gasteiger partial charge in [-0.05, 0) is 18.6 Å². The second kappa shape index (κ2) is 3.73. The van der Waals surface area contributed by atoms with Crippen LogP contribution in [-0.4, -0.2) is 31.1 Å². The quantitative estimate of drug-likeness (QED) is 0.809. The molecule has 16 heavy (non-hydrogen) atoms. The molecule has 82 valence electrons. The first kappa shape index (κ1) is 10.3. The van der Waals surface area contributed by atoms with Crippen molar-refractivity contribution in [2.45, 2.75) is 6.92 Å². The topological polar surface area (TPSA) is 80.9 Å². The van der Waals surface area contributed by atoms with Gasteiger partial charge in [0.15, 0.2) is 5.69 Å². The predicted molar refractivity (Wildman–Crippen MR) is 55.9 cm³/mol. The number of hydrogen-bond acceptors (Lipinski definition) is 4. The van der Waals surface area contributed by atoms with Gasteiger partial charge in [0.25, 0.3) is 0 Å². The van der Waals surface area contributed by atoms with Gasteiger partial charge in [-0.3, -0.25) is 4.68 Å². The van der Waals surface area contributed by atoms with E-state index in [1.807, 2.05) is 6.92 Å². The molecule has 0 aliphatic heterocycles. The Hall–Kier alpha value is -2.24. The SMILES string of the molecule is Cc1ccnnc1-c1cnn(C)c1C(=O)O. The molecule has 2 heterocycles. The minimum Gasteiger partial charge on any atom is -0.477 e. The lowest BCUT2D eigenvalue weighted by Gasteiger charge is -2.02. The molecule has 0 fully saturated rings. The van der Waals surface area contributed by atoms with E-state index in [4.69, 9.17) is 5.11 Å². The van der Waals surface area contributed by atoms with E-state index in [1.165, 1.54) is 10.9 Å². The average molecular weight is 218 g/mol. The number of carboxylic acid groups (broad SMARTS) is 1. The Kier molecular flexibility index (Phi) is 2.40.